The summed E-state index contributed by atoms with van der Waals surface area (Å²) >= 11 is 3.56. The molecule has 1 fully saturated rings. The minimum Gasteiger partial charge on any atom is -0.494 e. The van der Waals surface area contributed by atoms with Gasteiger partial charge >= 0.3 is 0 Å². The van der Waals surface area contributed by atoms with E-state index in [1.807, 2.05) is 31.6 Å². The Morgan fingerprint density at radius 1 is 1.07 bits per heavy atom. The van der Waals surface area contributed by atoms with E-state index in [0.29, 0.717) is 63.4 Å². The second kappa shape index (κ2) is 12.1. The highest BCUT2D eigenvalue weighted by atomic mass is 79.9. The Kier molecular flexibility index (Phi) is 8.21. The molecule has 0 spiro atoms. The second-order valence-corrected chi connectivity index (χ2v) is 14.7. The second-order valence-electron chi connectivity index (χ2n) is 10.7. The highest BCUT2D eigenvalue weighted by Crippen LogP contribution is 2.47. The van der Waals surface area contributed by atoms with Crippen LogP contribution >= 0.6 is 23.1 Å². The number of aromatic nitrogens is 4. The summed E-state index contributed by atoms with van der Waals surface area (Å²) in [6.45, 7) is 7.86. The van der Waals surface area contributed by atoms with Crippen molar-refractivity contribution < 1.29 is 18.8 Å². The molecule has 0 unspecified atom stereocenters. The number of rotatable bonds is 8. The molecule has 3 N–H and O–H groups in total. The predicted octanol–water partition coefficient (Wildman–Crippen LogP) is 4.56. The predicted molar refractivity (Wildman–Crippen MR) is 173 cm³/mol. The molecule has 0 radical (unpaired) electrons. The highest BCUT2D eigenvalue weighted by Gasteiger charge is 2.28. The Hall–Kier alpha value is -3.80. The molecule has 0 saturated carbocycles. The van der Waals surface area contributed by atoms with Gasteiger partial charge in [0.25, 0.3) is 0 Å². The van der Waals surface area contributed by atoms with E-state index in [9.17, 15) is 4.57 Å². The Morgan fingerprint density at radius 2 is 1.86 bits per heavy atom. The number of benzene rings is 2. The molecule has 2 aromatic carbocycles. The van der Waals surface area contributed by atoms with E-state index in [1.165, 1.54) is 0 Å². The van der Waals surface area contributed by atoms with Crippen LogP contribution in [0.1, 0.15) is 0 Å². The van der Waals surface area contributed by atoms with Crippen LogP contribution in [0.4, 0.5) is 28.8 Å². The molecule has 0 atom stereocenters. The average Bonchev–Trinajstić information content (AvgIpc) is 3.44. The topological polar surface area (TPSA) is 128 Å². The van der Waals surface area contributed by atoms with Gasteiger partial charge in [-0.05, 0) is 47.5 Å². The van der Waals surface area contributed by atoms with Crippen LogP contribution in [-0.2, 0) is 11.6 Å². The summed E-state index contributed by atoms with van der Waals surface area (Å²) in [6.07, 6.45) is 5.53. The van der Waals surface area contributed by atoms with Crippen molar-refractivity contribution in [3.05, 3.63) is 47.3 Å². The molecule has 2 aliphatic rings. The number of methoxy groups -OCH3 is 1. The van der Waals surface area contributed by atoms with E-state index >= 15 is 0 Å². The number of ether oxygens (including phenoxy) is 3. The number of fused-ring (bicyclic) bond motifs is 1. The molecular weight excluding hydrogens is 635 g/mol. The molecule has 0 aliphatic carbocycles. The molecule has 2 aliphatic heterocycles. The zero-order valence-electron chi connectivity index (χ0n) is 24.5. The van der Waals surface area contributed by atoms with Crippen molar-refractivity contribution >= 4 is 57.2 Å². The fourth-order valence-corrected chi connectivity index (χ4v) is 6.96. The van der Waals surface area contributed by atoms with Crippen LogP contribution in [0.3, 0.4) is 0 Å². The smallest absolute Gasteiger partial charge is 0.229 e. The first kappa shape index (κ1) is 29.3. The third kappa shape index (κ3) is 6.15. The summed E-state index contributed by atoms with van der Waals surface area (Å²) in [4.78, 5) is 11.6. The maximum Gasteiger partial charge on any atom is 0.229 e. The molecule has 2 aromatic heterocycles. The van der Waals surface area contributed by atoms with Crippen LogP contribution in [0.15, 0.2) is 47.3 Å². The van der Waals surface area contributed by atoms with Gasteiger partial charge in [0, 0.05) is 68.5 Å². The van der Waals surface area contributed by atoms with Gasteiger partial charge in [-0.2, -0.15) is 10.1 Å². The van der Waals surface area contributed by atoms with Crippen LogP contribution in [0, 0.1) is 0 Å². The molecule has 4 heterocycles. The molecule has 0 bridgehead atoms. The van der Waals surface area contributed by atoms with Crippen molar-refractivity contribution in [3.63, 3.8) is 0 Å². The third-order valence-corrected chi connectivity index (χ3v) is 9.36. The molecule has 43 heavy (non-hydrogen) atoms. The van der Waals surface area contributed by atoms with Crippen molar-refractivity contribution in [1.82, 2.24) is 25.1 Å². The van der Waals surface area contributed by atoms with Crippen LogP contribution in [0.25, 0.3) is 11.1 Å². The van der Waals surface area contributed by atoms with Gasteiger partial charge in [-0.15, -0.1) is 0 Å². The Balaban J connectivity index is 1.36. The summed E-state index contributed by atoms with van der Waals surface area (Å²) in [5.41, 5.74) is 4.43. The van der Waals surface area contributed by atoms with E-state index in [0.717, 1.165) is 43.0 Å². The fourth-order valence-electron chi connectivity index (χ4n) is 5.29. The van der Waals surface area contributed by atoms with Crippen molar-refractivity contribution in [2.24, 2.45) is 7.05 Å². The van der Waals surface area contributed by atoms with Gasteiger partial charge in [-0.3, -0.25) is 4.68 Å². The number of nitrogens with zero attached hydrogens (tertiary/aromatic N) is 5. The Bertz CT molecular complexity index is 1700. The van der Waals surface area contributed by atoms with Gasteiger partial charge in [0.05, 0.1) is 34.5 Å². The lowest BCUT2D eigenvalue weighted by Gasteiger charge is -2.31. The normalized spacial score (nSPS) is 14.9. The summed E-state index contributed by atoms with van der Waals surface area (Å²) in [5, 5.41) is 15.1. The van der Waals surface area contributed by atoms with Gasteiger partial charge in [-0.25, -0.2) is 4.98 Å². The van der Waals surface area contributed by atoms with E-state index in [-0.39, 0.29) is 0 Å². The fraction of sp³-hybridized carbons (Fsp3) is 0.345. The SMILES string of the molecule is COc1cc(N2CCNCC2)c(-c2cnn(C)c2)cc1Nc1ncc(Br)c(Nc2ccc3c(c2P(C)(C)=O)OCCO3)n1. The lowest BCUT2D eigenvalue weighted by Crippen LogP contribution is -2.43. The van der Waals surface area contributed by atoms with E-state index in [4.69, 9.17) is 19.2 Å². The molecule has 6 rings (SSSR count). The number of aryl methyl sites for hydroxylation is 1. The van der Waals surface area contributed by atoms with Gasteiger partial charge in [0.1, 0.15) is 31.9 Å². The summed E-state index contributed by atoms with van der Waals surface area (Å²) in [6, 6.07) is 7.75. The minimum absolute atomic E-state index is 0.353. The van der Waals surface area contributed by atoms with Crippen molar-refractivity contribution in [2.75, 3.05) is 75.4 Å². The molecule has 4 aromatic rings. The first-order valence-electron chi connectivity index (χ1n) is 13.9. The monoisotopic (exact) mass is 668 g/mol. The Morgan fingerprint density at radius 3 is 2.58 bits per heavy atom. The van der Waals surface area contributed by atoms with E-state index < -0.39 is 7.14 Å². The van der Waals surface area contributed by atoms with Crippen molar-refractivity contribution in [3.8, 4) is 28.4 Å². The molecular formula is C29H34BrN8O4P. The van der Waals surface area contributed by atoms with Crippen LogP contribution in [0.2, 0.25) is 0 Å². The number of nitrogens with one attached hydrogen (secondary N) is 3. The van der Waals surface area contributed by atoms with Crippen molar-refractivity contribution in [2.45, 2.75) is 0 Å². The zero-order valence-corrected chi connectivity index (χ0v) is 27.0. The number of piperazine rings is 1. The largest absolute Gasteiger partial charge is 0.494 e. The van der Waals surface area contributed by atoms with Gasteiger partial charge < -0.3 is 39.6 Å². The lowest BCUT2D eigenvalue weighted by molar-refractivity contribution is 0.173. The minimum atomic E-state index is -2.77. The average molecular weight is 670 g/mol. The van der Waals surface area contributed by atoms with Crippen LogP contribution < -0.4 is 40.4 Å². The quantitative estimate of drug-likeness (QED) is 0.229. The van der Waals surface area contributed by atoms with E-state index in [1.54, 1.807) is 31.3 Å². The molecule has 1 saturated heterocycles. The highest BCUT2D eigenvalue weighted by molar-refractivity contribution is 9.10. The van der Waals surface area contributed by atoms with Gasteiger partial charge in [-0.1, -0.05) is 0 Å². The number of anilines is 5. The molecule has 226 valence electrons. The summed E-state index contributed by atoms with van der Waals surface area (Å²) in [7, 11) is 0.789. The summed E-state index contributed by atoms with van der Waals surface area (Å²) in [5.74, 6) is 2.60. The van der Waals surface area contributed by atoms with Crippen LogP contribution in [-0.4, -0.2) is 79.6 Å². The lowest BCUT2D eigenvalue weighted by atomic mass is 10.0. The zero-order chi connectivity index (χ0) is 30.1. The molecule has 12 nitrogen and oxygen atoms in total. The van der Waals surface area contributed by atoms with Gasteiger partial charge in [0.2, 0.25) is 5.95 Å². The number of hydrogen-bond acceptors (Lipinski definition) is 11. The summed E-state index contributed by atoms with van der Waals surface area (Å²) < 4.78 is 33.3. The maximum atomic E-state index is 13.4. The molecule has 0 amide bonds. The van der Waals surface area contributed by atoms with Gasteiger partial charge in [0.15, 0.2) is 11.5 Å². The van der Waals surface area contributed by atoms with Crippen molar-refractivity contribution in [1.29, 1.82) is 0 Å². The standard InChI is InChI=1S/C29H34BrN8O4P/c1-37-17-18(15-33-37)19-13-22(25(40-2)14-23(19)38-9-7-31-8-10-38)35-29-32-16-20(30)28(36-29)34-21-5-6-24-26(42-12-11-41-24)27(21)43(3,4)39/h5-6,13-17,31H,7-12H2,1-4H3,(H2,32,34,35,36). The van der Waals surface area contributed by atoms with E-state index in [2.05, 4.69) is 59.0 Å². The number of hydrogen-bond donors (Lipinski definition) is 3. The number of halogens is 1. The first-order valence-corrected chi connectivity index (χ1v) is 17.3. The first-order chi connectivity index (χ1) is 20.7. The maximum absolute atomic E-state index is 13.4. The third-order valence-electron chi connectivity index (χ3n) is 7.26. The Labute approximate surface area is 258 Å². The van der Waals surface area contributed by atoms with Crippen LogP contribution in [0.5, 0.6) is 17.2 Å². The molecule has 14 heteroatoms.